The standard InChI is InChI=1S/C11H11BrN4S/c1-7-14-10(16-13)6-11(15-7)17-9-4-2-3-8(12)5-9/h2-6H,13H2,1H3,(H,14,15,16). The first-order valence-electron chi connectivity index (χ1n) is 4.93. The van der Waals surface area contributed by atoms with Gasteiger partial charge in [-0.25, -0.2) is 15.8 Å². The highest BCUT2D eigenvalue weighted by atomic mass is 79.9. The van der Waals surface area contributed by atoms with Gasteiger partial charge in [0.05, 0.1) is 0 Å². The minimum absolute atomic E-state index is 0.620. The first-order valence-corrected chi connectivity index (χ1v) is 6.54. The zero-order valence-corrected chi connectivity index (χ0v) is 11.5. The summed E-state index contributed by atoms with van der Waals surface area (Å²) in [5.41, 5.74) is 2.53. The SMILES string of the molecule is Cc1nc(NN)cc(Sc2cccc(Br)c2)n1. The molecule has 88 valence electrons. The van der Waals surface area contributed by atoms with Gasteiger partial charge in [0.25, 0.3) is 0 Å². The van der Waals surface area contributed by atoms with Gasteiger partial charge in [0.15, 0.2) is 0 Å². The molecule has 4 nitrogen and oxygen atoms in total. The summed E-state index contributed by atoms with van der Waals surface area (Å²) in [6.07, 6.45) is 0. The van der Waals surface area contributed by atoms with Gasteiger partial charge in [-0.05, 0) is 25.1 Å². The number of aromatic nitrogens is 2. The molecule has 0 aliphatic carbocycles. The highest BCUT2D eigenvalue weighted by molar-refractivity contribution is 9.10. The number of anilines is 1. The van der Waals surface area contributed by atoms with Crippen LogP contribution in [0.4, 0.5) is 5.82 Å². The fourth-order valence-electron chi connectivity index (χ4n) is 1.32. The number of halogens is 1. The lowest BCUT2D eigenvalue weighted by Gasteiger charge is -2.05. The monoisotopic (exact) mass is 310 g/mol. The van der Waals surface area contributed by atoms with Crippen molar-refractivity contribution in [1.29, 1.82) is 0 Å². The van der Waals surface area contributed by atoms with E-state index in [-0.39, 0.29) is 0 Å². The molecular formula is C11H11BrN4S. The third-order valence-electron chi connectivity index (χ3n) is 1.98. The Balaban J connectivity index is 2.26. The number of nitrogen functional groups attached to an aromatic ring is 1. The second kappa shape index (κ2) is 5.48. The fraction of sp³-hybridized carbons (Fsp3) is 0.0909. The van der Waals surface area contributed by atoms with Crippen molar-refractivity contribution in [2.24, 2.45) is 5.84 Å². The zero-order valence-electron chi connectivity index (χ0n) is 9.14. The molecule has 0 saturated carbocycles. The molecule has 0 aliphatic rings. The molecule has 0 aliphatic heterocycles. The number of nitrogens with zero attached hydrogens (tertiary/aromatic N) is 2. The van der Waals surface area contributed by atoms with E-state index < -0.39 is 0 Å². The van der Waals surface area contributed by atoms with E-state index in [2.05, 4.69) is 31.3 Å². The second-order valence-corrected chi connectivity index (χ2v) is 5.35. The summed E-state index contributed by atoms with van der Waals surface area (Å²) in [7, 11) is 0. The van der Waals surface area contributed by atoms with E-state index in [4.69, 9.17) is 5.84 Å². The van der Waals surface area contributed by atoms with Gasteiger partial charge in [-0.3, -0.25) is 0 Å². The predicted molar refractivity (Wildman–Crippen MR) is 72.8 cm³/mol. The molecule has 0 fully saturated rings. The molecule has 17 heavy (non-hydrogen) atoms. The van der Waals surface area contributed by atoms with Crippen molar-refractivity contribution in [2.45, 2.75) is 16.8 Å². The van der Waals surface area contributed by atoms with Crippen molar-refractivity contribution in [2.75, 3.05) is 5.43 Å². The number of hydrogen-bond acceptors (Lipinski definition) is 5. The molecule has 0 saturated heterocycles. The number of aryl methyl sites for hydroxylation is 1. The average Bonchev–Trinajstić information content (AvgIpc) is 2.28. The number of hydrazine groups is 1. The molecule has 3 N–H and O–H groups in total. The van der Waals surface area contributed by atoms with Gasteiger partial charge < -0.3 is 5.43 Å². The molecule has 0 atom stereocenters. The Hall–Kier alpha value is -1.11. The van der Waals surface area contributed by atoms with Crippen LogP contribution in [0, 0.1) is 6.92 Å². The highest BCUT2D eigenvalue weighted by Gasteiger charge is 2.03. The van der Waals surface area contributed by atoms with Crippen LogP contribution in [0.2, 0.25) is 0 Å². The number of hydrogen-bond donors (Lipinski definition) is 2. The lowest BCUT2D eigenvalue weighted by molar-refractivity contribution is 0.964. The maximum atomic E-state index is 5.35. The summed E-state index contributed by atoms with van der Waals surface area (Å²) in [6.45, 7) is 1.84. The average molecular weight is 311 g/mol. The van der Waals surface area contributed by atoms with Crippen LogP contribution in [0.15, 0.2) is 44.7 Å². The smallest absolute Gasteiger partial charge is 0.144 e. The number of nitrogens with one attached hydrogen (secondary N) is 1. The molecule has 0 spiro atoms. The third-order valence-corrected chi connectivity index (χ3v) is 3.38. The Morgan fingerprint density at radius 1 is 1.29 bits per heavy atom. The molecule has 2 aromatic rings. The van der Waals surface area contributed by atoms with Crippen molar-refractivity contribution < 1.29 is 0 Å². The summed E-state index contributed by atoms with van der Waals surface area (Å²) in [5.74, 6) is 6.66. The lowest BCUT2D eigenvalue weighted by atomic mass is 10.4. The molecule has 1 aromatic heterocycles. The third kappa shape index (κ3) is 3.42. The first-order chi connectivity index (χ1) is 8.17. The molecule has 6 heteroatoms. The fourth-order valence-corrected chi connectivity index (χ4v) is 2.79. The Morgan fingerprint density at radius 2 is 2.12 bits per heavy atom. The van der Waals surface area contributed by atoms with Gasteiger partial charge in [0.1, 0.15) is 16.7 Å². The van der Waals surface area contributed by atoms with Crippen LogP contribution in [-0.2, 0) is 0 Å². The number of rotatable bonds is 3. The zero-order chi connectivity index (χ0) is 12.3. The minimum Gasteiger partial charge on any atom is -0.308 e. The van der Waals surface area contributed by atoms with Crippen LogP contribution < -0.4 is 11.3 Å². The van der Waals surface area contributed by atoms with Crippen molar-refractivity contribution >= 4 is 33.5 Å². The van der Waals surface area contributed by atoms with Crippen molar-refractivity contribution in [3.8, 4) is 0 Å². The summed E-state index contributed by atoms with van der Waals surface area (Å²) in [6, 6.07) is 9.86. The van der Waals surface area contributed by atoms with Gasteiger partial charge in [-0.1, -0.05) is 33.8 Å². The Morgan fingerprint density at radius 3 is 2.82 bits per heavy atom. The largest absolute Gasteiger partial charge is 0.308 e. The number of benzene rings is 1. The molecule has 0 bridgehead atoms. The molecule has 1 aromatic carbocycles. The molecule has 0 radical (unpaired) electrons. The van der Waals surface area contributed by atoms with E-state index in [0.29, 0.717) is 11.6 Å². The van der Waals surface area contributed by atoms with Gasteiger partial charge in [-0.2, -0.15) is 0 Å². The predicted octanol–water partition coefficient (Wildman–Crippen LogP) is 2.98. The molecule has 0 unspecified atom stereocenters. The molecule has 2 rings (SSSR count). The van der Waals surface area contributed by atoms with Crippen molar-refractivity contribution in [3.05, 3.63) is 40.6 Å². The van der Waals surface area contributed by atoms with Crippen molar-refractivity contribution in [1.82, 2.24) is 9.97 Å². The van der Waals surface area contributed by atoms with Crippen LogP contribution in [0.25, 0.3) is 0 Å². The van der Waals surface area contributed by atoms with Crippen LogP contribution >= 0.6 is 27.7 Å². The van der Waals surface area contributed by atoms with Crippen LogP contribution in [0.5, 0.6) is 0 Å². The molecule has 1 heterocycles. The summed E-state index contributed by atoms with van der Waals surface area (Å²) < 4.78 is 1.05. The quantitative estimate of drug-likeness (QED) is 0.518. The Kier molecular flexibility index (Phi) is 3.98. The topological polar surface area (TPSA) is 63.8 Å². The van der Waals surface area contributed by atoms with Crippen LogP contribution in [-0.4, -0.2) is 9.97 Å². The highest BCUT2D eigenvalue weighted by Crippen LogP contribution is 2.29. The molecule has 0 amide bonds. The summed E-state index contributed by atoms with van der Waals surface area (Å²) in [5, 5.41) is 0.864. The van der Waals surface area contributed by atoms with E-state index in [1.165, 1.54) is 0 Å². The van der Waals surface area contributed by atoms with Crippen LogP contribution in [0.1, 0.15) is 5.82 Å². The number of nitrogens with two attached hydrogens (primary N) is 1. The normalized spacial score (nSPS) is 10.3. The Bertz CT molecular complexity index is 533. The lowest BCUT2D eigenvalue weighted by Crippen LogP contribution is -2.09. The van der Waals surface area contributed by atoms with E-state index in [1.807, 2.05) is 37.3 Å². The van der Waals surface area contributed by atoms with E-state index >= 15 is 0 Å². The second-order valence-electron chi connectivity index (χ2n) is 3.34. The summed E-state index contributed by atoms with van der Waals surface area (Å²) >= 11 is 5.01. The van der Waals surface area contributed by atoms with Crippen LogP contribution in [0.3, 0.4) is 0 Å². The minimum atomic E-state index is 0.620. The maximum Gasteiger partial charge on any atom is 0.144 e. The van der Waals surface area contributed by atoms with Gasteiger partial charge in [0, 0.05) is 15.4 Å². The maximum absolute atomic E-state index is 5.35. The van der Waals surface area contributed by atoms with E-state index in [1.54, 1.807) is 11.8 Å². The van der Waals surface area contributed by atoms with E-state index in [0.717, 1.165) is 14.4 Å². The van der Waals surface area contributed by atoms with Gasteiger partial charge in [0.2, 0.25) is 0 Å². The van der Waals surface area contributed by atoms with Crippen molar-refractivity contribution in [3.63, 3.8) is 0 Å². The molecular weight excluding hydrogens is 300 g/mol. The van der Waals surface area contributed by atoms with Gasteiger partial charge >= 0.3 is 0 Å². The van der Waals surface area contributed by atoms with Gasteiger partial charge in [-0.15, -0.1) is 0 Å². The summed E-state index contributed by atoms with van der Waals surface area (Å²) in [4.78, 5) is 9.60. The van der Waals surface area contributed by atoms with E-state index in [9.17, 15) is 0 Å². The first kappa shape index (κ1) is 12.3. The Labute approximate surface area is 112 Å².